The first-order chi connectivity index (χ1) is 34.8. The lowest BCUT2D eigenvalue weighted by Gasteiger charge is -2.49. The van der Waals surface area contributed by atoms with Crippen molar-refractivity contribution in [1.29, 1.82) is 10.7 Å². The van der Waals surface area contributed by atoms with Gasteiger partial charge in [0.05, 0.1) is 57.1 Å². The quantitative estimate of drug-likeness (QED) is 0.0698. The van der Waals surface area contributed by atoms with Crippen molar-refractivity contribution in [3.63, 3.8) is 0 Å². The molecule has 2 atom stereocenters. The van der Waals surface area contributed by atoms with Crippen LogP contribution in [0.15, 0.2) is 55.0 Å². The Kier molecular flexibility index (Phi) is 13.8. The van der Waals surface area contributed by atoms with E-state index < -0.39 is 46.9 Å². The number of anilines is 3. The molecule has 1 unspecified atom stereocenters. The number of nitrogens with one attached hydrogen (secondary N) is 3. The Balaban J connectivity index is 0.745. The van der Waals surface area contributed by atoms with Crippen molar-refractivity contribution < 1.29 is 43.3 Å². The van der Waals surface area contributed by atoms with Crippen LogP contribution < -0.4 is 35.6 Å². The van der Waals surface area contributed by atoms with Crippen LogP contribution in [0, 0.1) is 22.7 Å². The third-order valence-corrected chi connectivity index (χ3v) is 15.1. The van der Waals surface area contributed by atoms with Crippen molar-refractivity contribution >= 4 is 81.5 Å². The van der Waals surface area contributed by atoms with Gasteiger partial charge in [-0.05, 0) is 76.3 Å². The maximum Gasteiger partial charge on any atom is 0.262 e. The van der Waals surface area contributed by atoms with Gasteiger partial charge in [0.1, 0.15) is 24.0 Å². The van der Waals surface area contributed by atoms with Gasteiger partial charge in [-0.2, -0.15) is 5.26 Å². The van der Waals surface area contributed by atoms with Crippen LogP contribution in [0.2, 0.25) is 10.0 Å². The number of imide groups is 2. The van der Waals surface area contributed by atoms with Crippen molar-refractivity contribution in [2.45, 2.75) is 82.1 Å². The van der Waals surface area contributed by atoms with Gasteiger partial charge in [0.25, 0.3) is 11.8 Å². The molecule has 20 nitrogen and oxygen atoms in total. The van der Waals surface area contributed by atoms with Gasteiger partial charge in [-0.3, -0.25) is 49.4 Å². The summed E-state index contributed by atoms with van der Waals surface area (Å²) in [5.74, 6) is -1.93. The first-order valence-electron chi connectivity index (χ1n) is 23.9. The van der Waals surface area contributed by atoms with E-state index in [0.717, 1.165) is 4.90 Å². The van der Waals surface area contributed by atoms with Gasteiger partial charge in [0.2, 0.25) is 23.6 Å². The van der Waals surface area contributed by atoms with Crippen molar-refractivity contribution in [1.82, 2.24) is 30.4 Å². The van der Waals surface area contributed by atoms with Gasteiger partial charge in [0, 0.05) is 104 Å². The molecule has 0 aliphatic carbocycles. The minimum Gasteiger partial charge on any atom is -0.493 e. The molecule has 0 bridgehead atoms. The number of rotatable bonds is 13. The molecule has 0 spiro atoms. The van der Waals surface area contributed by atoms with Gasteiger partial charge >= 0.3 is 0 Å². The van der Waals surface area contributed by atoms with Crippen LogP contribution in [-0.2, 0) is 19.2 Å². The van der Waals surface area contributed by atoms with E-state index >= 15 is 0 Å². The highest BCUT2D eigenvalue weighted by Crippen LogP contribution is 2.40. The van der Waals surface area contributed by atoms with E-state index in [-0.39, 0.29) is 83.7 Å². The Labute approximate surface area is 430 Å². The largest absolute Gasteiger partial charge is 0.493 e. The molecule has 2 aromatic carbocycles. The van der Waals surface area contributed by atoms with E-state index in [9.17, 15) is 39.1 Å². The number of amides is 6. The maximum atomic E-state index is 13.6. The van der Waals surface area contributed by atoms with E-state index in [0.29, 0.717) is 96.1 Å². The summed E-state index contributed by atoms with van der Waals surface area (Å²) < 4.78 is 11.8. The van der Waals surface area contributed by atoms with E-state index in [4.69, 9.17) is 43.8 Å². The van der Waals surface area contributed by atoms with Crippen LogP contribution in [-0.4, -0.2) is 130 Å². The van der Waals surface area contributed by atoms with Crippen LogP contribution in [0.3, 0.4) is 0 Å². The summed E-state index contributed by atoms with van der Waals surface area (Å²) in [5.41, 5.74) is 7.21. The third-order valence-electron chi connectivity index (χ3n) is 14.5. The fraction of sp³-hybridized carbons (Fsp3) is 0.412. The van der Waals surface area contributed by atoms with Gasteiger partial charge in [-0.1, -0.05) is 23.2 Å². The van der Waals surface area contributed by atoms with Gasteiger partial charge < -0.3 is 40.3 Å². The molecule has 5 aliphatic heterocycles. The Hall–Kier alpha value is -7.34. The zero-order chi connectivity index (χ0) is 52.1. The fourth-order valence-corrected chi connectivity index (χ4v) is 11.1. The van der Waals surface area contributed by atoms with Crippen molar-refractivity contribution in [3.05, 3.63) is 98.4 Å². The lowest BCUT2D eigenvalue weighted by Crippen LogP contribution is -2.69. The molecule has 0 radical (unpaired) electrons. The second kappa shape index (κ2) is 19.9. The standard InChI is InChI=1S/C51H53Cl2N11O9/c1-27(43-35(52)23-57-24-36(43)53)73-40-18-34(37(55)19-39(40)72-3)44(56)30-16-29(21-54)45(58-22-30)63-25-50(2,26-63)60-46(67)28-8-12-62(13-9-28)42(66)20-51(71)10-14-61(15-11-51)31-4-5-32-33(17-31)49(70)64(48(32)69)38-6-7-41(65)59-47(38)68/h4-5,16-19,22-24,27-28,38,56,71H,6-15,20,25-26,55H2,1-3H3,(H,60,67)(H,59,65,68)/t27-,38?/m1/s1. The molecule has 6 amide bonds. The number of nitrogen functional groups attached to an aromatic ring is 1. The Morgan fingerprint density at radius 3 is 2.32 bits per heavy atom. The second-order valence-electron chi connectivity index (χ2n) is 19.6. The summed E-state index contributed by atoms with van der Waals surface area (Å²) in [6.45, 7) is 5.96. The molecule has 73 heavy (non-hydrogen) atoms. The molecule has 9 rings (SSSR count). The highest BCUT2D eigenvalue weighted by Gasteiger charge is 2.46. The maximum absolute atomic E-state index is 13.6. The number of ether oxygens (including phenoxy) is 2. The number of hydrogen-bond donors (Lipinski definition) is 5. The number of carbonyl (C=O) groups excluding carboxylic acids is 6. The lowest BCUT2D eigenvalue weighted by molar-refractivity contribution is -0.141. The van der Waals surface area contributed by atoms with Gasteiger partial charge in [-0.15, -0.1) is 0 Å². The van der Waals surface area contributed by atoms with Crippen LogP contribution in [0.1, 0.15) is 108 Å². The minimum absolute atomic E-state index is 0.00391. The number of hydrogen-bond acceptors (Lipinski definition) is 16. The number of likely N-dealkylation sites (tertiary alicyclic amines) is 1. The average Bonchev–Trinajstić information content (AvgIpc) is 3.60. The fourth-order valence-electron chi connectivity index (χ4n) is 10.4. The molecule has 0 saturated carbocycles. The van der Waals surface area contributed by atoms with Crippen molar-refractivity contribution in [3.8, 4) is 17.6 Å². The molecule has 2 aromatic heterocycles. The molecule has 4 fully saturated rings. The minimum atomic E-state index is -1.25. The van der Waals surface area contributed by atoms with E-state index in [1.165, 1.54) is 25.7 Å². The smallest absolute Gasteiger partial charge is 0.262 e. The van der Waals surface area contributed by atoms with Crippen LogP contribution in [0.4, 0.5) is 17.2 Å². The molecule has 22 heteroatoms. The summed E-state index contributed by atoms with van der Waals surface area (Å²) in [6, 6.07) is 10.7. The Morgan fingerprint density at radius 2 is 1.66 bits per heavy atom. The molecular weight excluding hydrogens is 982 g/mol. The molecule has 4 saturated heterocycles. The van der Waals surface area contributed by atoms with E-state index in [2.05, 4.69) is 26.7 Å². The van der Waals surface area contributed by atoms with Crippen molar-refractivity contribution in [2.75, 3.05) is 61.9 Å². The first-order valence-corrected chi connectivity index (χ1v) is 24.6. The summed E-state index contributed by atoms with van der Waals surface area (Å²) in [6.07, 6.45) is 5.30. The summed E-state index contributed by atoms with van der Waals surface area (Å²) >= 11 is 12.8. The molecule has 380 valence electrons. The number of pyridine rings is 2. The second-order valence-corrected chi connectivity index (χ2v) is 20.4. The Morgan fingerprint density at radius 1 is 0.973 bits per heavy atom. The number of fused-ring (bicyclic) bond motifs is 1. The number of aliphatic hydroxyl groups is 1. The van der Waals surface area contributed by atoms with Gasteiger partial charge in [0.15, 0.2) is 11.5 Å². The summed E-state index contributed by atoms with van der Waals surface area (Å²) in [5, 5.41) is 36.9. The highest BCUT2D eigenvalue weighted by atomic mass is 35.5. The van der Waals surface area contributed by atoms with Crippen LogP contribution in [0.5, 0.6) is 11.5 Å². The number of benzene rings is 2. The molecule has 6 N–H and O–H groups in total. The summed E-state index contributed by atoms with van der Waals surface area (Å²) in [7, 11) is 1.47. The number of carbonyl (C=O) groups is 6. The molecular formula is C51H53Cl2N11O9. The number of halogens is 2. The van der Waals surface area contributed by atoms with Crippen molar-refractivity contribution in [2.24, 2.45) is 5.92 Å². The average molecular weight is 1030 g/mol. The molecule has 5 aliphatic rings. The van der Waals surface area contributed by atoms with E-state index in [1.807, 2.05) is 16.7 Å². The SMILES string of the molecule is COc1cc(N)c(C(=N)c2cnc(N3CC(C)(NC(=O)C4CCN(C(=O)CC5(O)CCN(c6ccc7c(c6)C(=O)N(C6CCC(=O)NC6=O)C7=O)CC5)CC4)C3)c(C#N)c2)cc1O[C@H](C)c1c(Cl)cncc1Cl. The number of aromatic nitrogens is 2. The highest BCUT2D eigenvalue weighted by molar-refractivity contribution is 6.35. The first kappa shape index (κ1) is 50.6. The molecule has 4 aromatic rings. The normalized spacial score (nSPS) is 19.9. The predicted octanol–water partition coefficient (Wildman–Crippen LogP) is 4.56. The summed E-state index contributed by atoms with van der Waals surface area (Å²) in [4.78, 5) is 92.9. The number of nitrogens with two attached hydrogens (primary N) is 1. The lowest BCUT2D eigenvalue weighted by atomic mass is 9.86. The monoisotopic (exact) mass is 1030 g/mol. The van der Waals surface area contributed by atoms with Crippen LogP contribution in [0.25, 0.3) is 0 Å². The number of piperidine rings is 3. The predicted molar refractivity (Wildman–Crippen MR) is 268 cm³/mol. The van der Waals surface area contributed by atoms with Gasteiger partial charge in [-0.25, -0.2) is 4.98 Å². The molecule has 7 heterocycles. The zero-order valence-corrected chi connectivity index (χ0v) is 41.8. The van der Waals surface area contributed by atoms with E-state index in [1.54, 1.807) is 48.2 Å². The number of nitrogens with zero attached hydrogens (tertiary/aromatic N) is 7. The zero-order valence-electron chi connectivity index (χ0n) is 40.3. The Bertz CT molecular complexity index is 2990. The van der Waals surface area contributed by atoms with Crippen LogP contribution >= 0.6 is 23.2 Å². The number of nitriles is 1. The number of methoxy groups -OCH3 is 1. The topological polar surface area (TPSA) is 278 Å². The third kappa shape index (κ3) is 9.96.